The van der Waals surface area contributed by atoms with Crippen molar-refractivity contribution in [2.45, 2.75) is 27.2 Å². The Hall–Kier alpha value is 0.0200. The summed E-state index contributed by atoms with van der Waals surface area (Å²) in [6.45, 7) is 9.36. The van der Waals surface area contributed by atoms with Gasteiger partial charge in [-0.1, -0.05) is 25.6 Å². The van der Waals surface area contributed by atoms with E-state index in [2.05, 4.69) is 25.3 Å². The van der Waals surface area contributed by atoms with Gasteiger partial charge in [0.25, 0.3) is 0 Å². The largest absolute Gasteiger partial charge is 0.227 e. The van der Waals surface area contributed by atoms with Gasteiger partial charge in [-0.2, -0.15) is 0 Å². The van der Waals surface area contributed by atoms with Gasteiger partial charge in [-0.3, -0.25) is 0 Å². The predicted molar refractivity (Wildman–Crippen MR) is 52.6 cm³/mol. The van der Waals surface area contributed by atoms with Crippen molar-refractivity contribution in [2.24, 2.45) is 5.92 Å². The van der Waals surface area contributed by atoms with Crippen LogP contribution in [0.2, 0.25) is 0 Å². The van der Waals surface area contributed by atoms with Crippen LogP contribution in [0, 0.1) is 5.92 Å². The maximum absolute atomic E-state index is 2.51. The van der Waals surface area contributed by atoms with Crippen LogP contribution >= 0.6 is 11.8 Å². The van der Waals surface area contributed by atoms with Crippen molar-refractivity contribution < 1.29 is 4.58 Å². The molecule has 0 amide bonds. The molecule has 0 saturated carbocycles. The van der Waals surface area contributed by atoms with Crippen molar-refractivity contribution in [3.05, 3.63) is 0 Å². The second-order valence-corrected chi connectivity index (χ2v) is 4.61. The SMILES string of the molecule is CC[C@H](C)C[N+]1=C(C)SCC1. The number of hydrogen-bond donors (Lipinski definition) is 0. The van der Waals surface area contributed by atoms with Crippen LogP contribution < -0.4 is 0 Å². The first-order valence-corrected chi connectivity index (χ1v) is 5.44. The summed E-state index contributed by atoms with van der Waals surface area (Å²) >= 11 is 2.00. The first-order valence-electron chi connectivity index (χ1n) is 4.45. The van der Waals surface area contributed by atoms with Gasteiger partial charge in [-0.15, -0.1) is 0 Å². The molecular weight excluding hydrogens is 154 g/mol. The van der Waals surface area contributed by atoms with E-state index in [1.54, 1.807) is 0 Å². The summed E-state index contributed by atoms with van der Waals surface area (Å²) < 4.78 is 2.51. The van der Waals surface area contributed by atoms with Gasteiger partial charge in [0, 0.05) is 12.8 Å². The Morgan fingerprint density at radius 3 is 2.82 bits per heavy atom. The third-order valence-electron chi connectivity index (χ3n) is 2.35. The second kappa shape index (κ2) is 4.15. The number of nitrogens with zero attached hydrogens (tertiary/aromatic N) is 1. The number of hydrogen-bond acceptors (Lipinski definition) is 1. The van der Waals surface area contributed by atoms with Gasteiger partial charge < -0.3 is 0 Å². The highest BCUT2D eigenvalue weighted by molar-refractivity contribution is 8.13. The fourth-order valence-electron chi connectivity index (χ4n) is 1.28. The molecule has 0 bridgehead atoms. The predicted octanol–water partition coefficient (Wildman–Crippen LogP) is 2.21. The molecule has 0 fully saturated rings. The first kappa shape index (κ1) is 9.11. The lowest BCUT2D eigenvalue weighted by atomic mass is 10.1. The van der Waals surface area contributed by atoms with Crippen LogP contribution in [0.25, 0.3) is 0 Å². The summed E-state index contributed by atoms with van der Waals surface area (Å²) in [6.07, 6.45) is 1.30. The Morgan fingerprint density at radius 1 is 1.64 bits per heavy atom. The average Bonchev–Trinajstić information content (AvgIpc) is 2.37. The fourth-order valence-corrected chi connectivity index (χ4v) is 2.23. The minimum absolute atomic E-state index is 0.851. The molecule has 0 radical (unpaired) electrons. The lowest BCUT2D eigenvalue weighted by Crippen LogP contribution is -2.20. The third-order valence-corrected chi connectivity index (χ3v) is 3.41. The van der Waals surface area contributed by atoms with Crippen LogP contribution in [0.5, 0.6) is 0 Å². The zero-order valence-electron chi connectivity index (χ0n) is 7.76. The maximum atomic E-state index is 2.51. The Morgan fingerprint density at radius 2 is 2.36 bits per heavy atom. The molecule has 0 aromatic heterocycles. The molecule has 11 heavy (non-hydrogen) atoms. The average molecular weight is 172 g/mol. The first-order chi connectivity index (χ1) is 5.24. The van der Waals surface area contributed by atoms with Crippen molar-refractivity contribution in [2.75, 3.05) is 18.8 Å². The maximum Gasteiger partial charge on any atom is 0.207 e. The molecule has 1 atom stereocenters. The van der Waals surface area contributed by atoms with Crippen LogP contribution in [-0.2, 0) is 0 Å². The molecule has 1 aliphatic rings. The van der Waals surface area contributed by atoms with E-state index >= 15 is 0 Å². The zero-order chi connectivity index (χ0) is 8.27. The summed E-state index contributed by atoms with van der Waals surface area (Å²) in [6, 6.07) is 0. The summed E-state index contributed by atoms with van der Waals surface area (Å²) in [4.78, 5) is 0. The molecule has 0 saturated heterocycles. The molecular formula is C9H18NS+. The van der Waals surface area contributed by atoms with E-state index in [4.69, 9.17) is 0 Å². The minimum atomic E-state index is 0.851. The van der Waals surface area contributed by atoms with E-state index < -0.39 is 0 Å². The smallest absolute Gasteiger partial charge is 0.207 e. The molecule has 2 heteroatoms. The molecule has 0 unspecified atom stereocenters. The Balaban J connectivity index is 2.41. The van der Waals surface area contributed by atoms with Gasteiger partial charge in [0.2, 0.25) is 5.04 Å². The minimum Gasteiger partial charge on any atom is -0.227 e. The van der Waals surface area contributed by atoms with E-state index in [0.717, 1.165) is 5.92 Å². The van der Waals surface area contributed by atoms with E-state index in [0.29, 0.717) is 0 Å². The van der Waals surface area contributed by atoms with Crippen molar-refractivity contribution in [3.63, 3.8) is 0 Å². The molecule has 0 N–H and O–H groups in total. The monoisotopic (exact) mass is 172 g/mol. The topological polar surface area (TPSA) is 3.01 Å². The summed E-state index contributed by atoms with van der Waals surface area (Å²) in [5.74, 6) is 2.14. The zero-order valence-corrected chi connectivity index (χ0v) is 8.58. The van der Waals surface area contributed by atoms with Crippen LogP contribution in [0.3, 0.4) is 0 Å². The van der Waals surface area contributed by atoms with Crippen LogP contribution in [0.15, 0.2) is 0 Å². The van der Waals surface area contributed by atoms with Crippen molar-refractivity contribution in [3.8, 4) is 0 Å². The van der Waals surface area contributed by atoms with Gasteiger partial charge in [0.05, 0.1) is 5.75 Å². The molecule has 1 aliphatic heterocycles. The Bertz CT molecular complexity index is 163. The van der Waals surface area contributed by atoms with E-state index in [-0.39, 0.29) is 0 Å². The van der Waals surface area contributed by atoms with Crippen molar-refractivity contribution >= 4 is 16.8 Å². The fraction of sp³-hybridized carbons (Fsp3) is 0.889. The quantitative estimate of drug-likeness (QED) is 0.590. The Labute approximate surface area is 73.9 Å². The number of thioether (sulfide) groups is 1. The molecule has 0 aliphatic carbocycles. The Kier molecular flexibility index (Phi) is 3.44. The van der Waals surface area contributed by atoms with Crippen molar-refractivity contribution in [1.29, 1.82) is 0 Å². The molecule has 0 aromatic rings. The van der Waals surface area contributed by atoms with E-state index in [1.165, 1.54) is 30.3 Å². The van der Waals surface area contributed by atoms with Gasteiger partial charge in [-0.05, 0) is 6.42 Å². The van der Waals surface area contributed by atoms with Gasteiger partial charge in [0.15, 0.2) is 6.54 Å². The summed E-state index contributed by atoms with van der Waals surface area (Å²) in [5, 5.41) is 1.52. The second-order valence-electron chi connectivity index (χ2n) is 3.33. The highest BCUT2D eigenvalue weighted by Gasteiger charge is 2.19. The summed E-state index contributed by atoms with van der Waals surface area (Å²) in [5.41, 5.74) is 0. The highest BCUT2D eigenvalue weighted by atomic mass is 32.2. The molecule has 1 heterocycles. The van der Waals surface area contributed by atoms with Crippen LogP contribution in [-0.4, -0.2) is 28.5 Å². The van der Waals surface area contributed by atoms with Crippen molar-refractivity contribution in [1.82, 2.24) is 0 Å². The van der Waals surface area contributed by atoms with Crippen LogP contribution in [0.1, 0.15) is 27.2 Å². The van der Waals surface area contributed by atoms with E-state index in [9.17, 15) is 0 Å². The van der Waals surface area contributed by atoms with Crippen LogP contribution in [0.4, 0.5) is 0 Å². The molecule has 64 valence electrons. The lowest BCUT2D eigenvalue weighted by Gasteiger charge is -2.04. The van der Waals surface area contributed by atoms with E-state index in [1.807, 2.05) is 11.8 Å². The molecule has 0 aromatic carbocycles. The normalized spacial score (nSPS) is 21.0. The third kappa shape index (κ3) is 2.51. The summed E-state index contributed by atoms with van der Waals surface area (Å²) in [7, 11) is 0. The standard InChI is InChI=1S/C9H18NS/c1-4-8(2)7-10-5-6-11-9(10)3/h8H,4-7H2,1-3H3/q+1/t8-/m0/s1. The molecule has 1 rings (SSSR count). The van der Waals surface area contributed by atoms with Gasteiger partial charge >= 0.3 is 0 Å². The lowest BCUT2D eigenvalue weighted by molar-refractivity contribution is -0.524. The number of rotatable bonds is 3. The van der Waals surface area contributed by atoms with Gasteiger partial charge in [-0.25, -0.2) is 4.58 Å². The molecule has 1 nitrogen and oxygen atoms in total. The molecule has 0 spiro atoms. The highest BCUT2D eigenvalue weighted by Crippen LogP contribution is 2.13. The van der Waals surface area contributed by atoms with Gasteiger partial charge in [0.1, 0.15) is 6.54 Å².